The minimum absolute atomic E-state index is 0.603. The molecule has 1 aromatic carbocycles. The Labute approximate surface area is 153 Å². The Balaban J connectivity index is 0.00000117. The van der Waals surface area contributed by atoms with Crippen molar-refractivity contribution in [1.29, 1.82) is 0 Å². The molecule has 0 N–H and O–H groups in total. The molecule has 0 saturated carbocycles. The van der Waals surface area contributed by atoms with Crippen LogP contribution in [-0.4, -0.2) is 31.2 Å². The third-order valence-electron chi connectivity index (χ3n) is 4.39. The van der Waals surface area contributed by atoms with Crippen molar-refractivity contribution >= 4 is 11.5 Å². The Bertz CT molecular complexity index is 675. The number of benzene rings is 1. The van der Waals surface area contributed by atoms with Crippen LogP contribution < -0.4 is 9.80 Å². The summed E-state index contributed by atoms with van der Waals surface area (Å²) >= 11 is 0. The first-order valence-electron chi connectivity index (χ1n) is 9.10. The van der Waals surface area contributed by atoms with Gasteiger partial charge < -0.3 is 9.80 Å². The van der Waals surface area contributed by atoms with Gasteiger partial charge >= 0.3 is 6.18 Å². The van der Waals surface area contributed by atoms with Crippen molar-refractivity contribution in [1.82, 2.24) is 4.98 Å². The lowest BCUT2D eigenvalue weighted by atomic mass is 10.1. The Morgan fingerprint density at radius 1 is 0.923 bits per heavy atom. The molecule has 1 saturated heterocycles. The van der Waals surface area contributed by atoms with Gasteiger partial charge in [0.05, 0.1) is 5.56 Å². The van der Waals surface area contributed by atoms with Crippen LogP contribution >= 0.6 is 0 Å². The molecule has 3 rings (SSSR count). The Kier molecular flexibility index (Phi) is 6.89. The van der Waals surface area contributed by atoms with E-state index >= 15 is 0 Å². The number of alkyl halides is 3. The Morgan fingerprint density at radius 2 is 1.54 bits per heavy atom. The SMILES string of the molecule is CC.CCc1ccccc1N1CCN(c2ccc(C(F)(F)F)cn2)CC1. The van der Waals surface area contributed by atoms with Gasteiger partial charge in [0.15, 0.2) is 0 Å². The molecule has 3 nitrogen and oxygen atoms in total. The molecule has 6 heteroatoms. The zero-order valence-corrected chi connectivity index (χ0v) is 15.6. The van der Waals surface area contributed by atoms with Crippen molar-refractivity contribution in [3.63, 3.8) is 0 Å². The highest BCUT2D eigenvalue weighted by molar-refractivity contribution is 5.55. The van der Waals surface area contributed by atoms with Gasteiger partial charge in [0.1, 0.15) is 5.82 Å². The molecule has 1 aliphatic rings. The van der Waals surface area contributed by atoms with Crippen molar-refractivity contribution in [3.05, 3.63) is 53.7 Å². The van der Waals surface area contributed by atoms with E-state index in [1.54, 1.807) is 0 Å². The van der Waals surface area contributed by atoms with E-state index in [9.17, 15) is 13.2 Å². The smallest absolute Gasteiger partial charge is 0.368 e. The number of halogens is 3. The van der Waals surface area contributed by atoms with Crippen LogP contribution in [0.25, 0.3) is 0 Å². The zero-order chi connectivity index (χ0) is 19.2. The second kappa shape index (κ2) is 8.92. The standard InChI is InChI=1S/C18H20F3N3.C2H6/c1-2-14-5-3-4-6-16(14)23-9-11-24(12-10-23)17-8-7-15(13-22-17)18(19,20)21;1-2/h3-8,13H,2,9-12H2,1H3;1-2H3. The van der Waals surface area contributed by atoms with Crippen LogP contribution in [0.5, 0.6) is 0 Å². The lowest BCUT2D eigenvalue weighted by molar-refractivity contribution is -0.137. The second-order valence-electron chi connectivity index (χ2n) is 5.86. The molecule has 2 aromatic rings. The van der Waals surface area contributed by atoms with E-state index in [1.807, 2.05) is 30.9 Å². The van der Waals surface area contributed by atoms with E-state index in [-0.39, 0.29) is 0 Å². The van der Waals surface area contributed by atoms with Crippen LogP contribution in [0.1, 0.15) is 31.9 Å². The maximum atomic E-state index is 12.6. The lowest BCUT2D eigenvalue weighted by Crippen LogP contribution is -2.47. The number of nitrogens with zero attached hydrogens (tertiary/aromatic N) is 3. The third-order valence-corrected chi connectivity index (χ3v) is 4.39. The van der Waals surface area contributed by atoms with E-state index in [2.05, 4.69) is 28.9 Å². The summed E-state index contributed by atoms with van der Waals surface area (Å²) < 4.78 is 37.8. The molecule has 0 unspecified atom stereocenters. The fraction of sp³-hybridized carbons (Fsp3) is 0.450. The Hall–Kier alpha value is -2.24. The summed E-state index contributed by atoms with van der Waals surface area (Å²) in [6.45, 7) is 9.30. The van der Waals surface area contributed by atoms with Crippen LogP contribution in [0.15, 0.2) is 42.6 Å². The summed E-state index contributed by atoms with van der Waals surface area (Å²) in [6, 6.07) is 10.9. The normalized spacial score (nSPS) is 14.7. The zero-order valence-electron chi connectivity index (χ0n) is 15.6. The molecule has 0 atom stereocenters. The highest BCUT2D eigenvalue weighted by atomic mass is 19.4. The number of anilines is 2. The summed E-state index contributed by atoms with van der Waals surface area (Å²) in [5, 5.41) is 0. The largest absolute Gasteiger partial charge is 0.417 e. The van der Waals surface area contributed by atoms with Gasteiger partial charge in [-0.2, -0.15) is 13.2 Å². The van der Waals surface area contributed by atoms with Crippen LogP contribution in [0.3, 0.4) is 0 Å². The maximum absolute atomic E-state index is 12.6. The summed E-state index contributed by atoms with van der Waals surface area (Å²) in [5.41, 5.74) is 1.86. The first-order chi connectivity index (χ1) is 12.5. The maximum Gasteiger partial charge on any atom is 0.417 e. The minimum Gasteiger partial charge on any atom is -0.368 e. The molecule has 1 fully saturated rings. The van der Waals surface area contributed by atoms with E-state index in [1.165, 1.54) is 17.3 Å². The molecule has 0 radical (unpaired) electrons. The number of pyridine rings is 1. The topological polar surface area (TPSA) is 19.4 Å². The van der Waals surface area contributed by atoms with Gasteiger partial charge in [-0.1, -0.05) is 39.0 Å². The molecule has 0 aliphatic carbocycles. The average molecular weight is 365 g/mol. The van der Waals surface area contributed by atoms with Crippen molar-refractivity contribution < 1.29 is 13.2 Å². The van der Waals surface area contributed by atoms with Gasteiger partial charge in [-0.25, -0.2) is 4.98 Å². The van der Waals surface area contributed by atoms with Gasteiger partial charge in [-0.3, -0.25) is 0 Å². The van der Waals surface area contributed by atoms with Crippen molar-refractivity contribution in [3.8, 4) is 0 Å². The number of hydrogen-bond acceptors (Lipinski definition) is 3. The molecular weight excluding hydrogens is 339 g/mol. The van der Waals surface area contributed by atoms with Crippen LogP contribution in [0, 0.1) is 0 Å². The van der Waals surface area contributed by atoms with Crippen molar-refractivity contribution in [2.75, 3.05) is 36.0 Å². The fourth-order valence-corrected chi connectivity index (χ4v) is 3.04. The second-order valence-corrected chi connectivity index (χ2v) is 5.86. The highest BCUT2D eigenvalue weighted by Crippen LogP contribution is 2.30. The molecule has 0 amide bonds. The summed E-state index contributed by atoms with van der Waals surface area (Å²) in [5.74, 6) is 0.603. The fourth-order valence-electron chi connectivity index (χ4n) is 3.04. The van der Waals surface area contributed by atoms with E-state index in [0.29, 0.717) is 5.82 Å². The van der Waals surface area contributed by atoms with Crippen LogP contribution in [0.2, 0.25) is 0 Å². The quantitative estimate of drug-likeness (QED) is 0.762. The summed E-state index contributed by atoms with van der Waals surface area (Å²) in [6.07, 6.45) is -2.45. The highest BCUT2D eigenvalue weighted by Gasteiger charge is 2.31. The van der Waals surface area contributed by atoms with Gasteiger partial charge in [-0.05, 0) is 30.2 Å². The number of piperazine rings is 1. The predicted octanol–water partition coefficient (Wildman–Crippen LogP) is 5.02. The number of para-hydroxylation sites is 1. The van der Waals surface area contributed by atoms with E-state index < -0.39 is 11.7 Å². The predicted molar refractivity (Wildman–Crippen MR) is 101 cm³/mol. The van der Waals surface area contributed by atoms with Gasteiger partial charge in [0, 0.05) is 38.1 Å². The van der Waals surface area contributed by atoms with Crippen LogP contribution in [0.4, 0.5) is 24.7 Å². The molecule has 26 heavy (non-hydrogen) atoms. The number of rotatable bonds is 3. The Morgan fingerprint density at radius 3 is 2.08 bits per heavy atom. The lowest BCUT2D eigenvalue weighted by Gasteiger charge is -2.37. The summed E-state index contributed by atoms with van der Waals surface area (Å²) in [4.78, 5) is 8.35. The molecule has 142 valence electrons. The summed E-state index contributed by atoms with van der Waals surface area (Å²) in [7, 11) is 0. The van der Waals surface area contributed by atoms with E-state index in [0.717, 1.165) is 44.9 Å². The van der Waals surface area contributed by atoms with Crippen LogP contribution in [-0.2, 0) is 12.6 Å². The van der Waals surface area contributed by atoms with E-state index in [4.69, 9.17) is 0 Å². The molecule has 0 bridgehead atoms. The number of aryl methyl sites for hydroxylation is 1. The monoisotopic (exact) mass is 365 g/mol. The molecule has 0 spiro atoms. The number of aromatic nitrogens is 1. The van der Waals surface area contributed by atoms with Crippen molar-refractivity contribution in [2.45, 2.75) is 33.4 Å². The molecule has 1 aromatic heterocycles. The van der Waals surface area contributed by atoms with Gasteiger partial charge in [0.25, 0.3) is 0 Å². The minimum atomic E-state index is -4.34. The first-order valence-corrected chi connectivity index (χ1v) is 9.10. The van der Waals surface area contributed by atoms with Crippen molar-refractivity contribution in [2.24, 2.45) is 0 Å². The van der Waals surface area contributed by atoms with Gasteiger partial charge in [-0.15, -0.1) is 0 Å². The molecule has 1 aliphatic heterocycles. The third kappa shape index (κ3) is 4.68. The first kappa shape index (κ1) is 20.1. The molecular formula is C20H26F3N3. The van der Waals surface area contributed by atoms with Gasteiger partial charge in [0.2, 0.25) is 0 Å². The average Bonchev–Trinajstić information content (AvgIpc) is 2.69. The number of hydrogen-bond donors (Lipinski definition) is 0. The molecule has 2 heterocycles.